The van der Waals surface area contributed by atoms with Crippen LogP contribution >= 0.6 is 0 Å². The second kappa shape index (κ2) is 10.9. The van der Waals surface area contributed by atoms with Crippen molar-refractivity contribution < 1.29 is 4.74 Å². The molecule has 0 amide bonds. The van der Waals surface area contributed by atoms with Crippen LogP contribution in [0, 0.1) is 6.92 Å². The van der Waals surface area contributed by atoms with Gasteiger partial charge in [0.05, 0.1) is 0 Å². The average Bonchev–Trinajstić information content (AvgIpc) is 2.49. The largest absolute Gasteiger partial charge is 0.490 e. The maximum atomic E-state index is 5.74. The van der Waals surface area contributed by atoms with Gasteiger partial charge < -0.3 is 4.74 Å². The van der Waals surface area contributed by atoms with Gasteiger partial charge in [0.1, 0.15) is 12.4 Å². The minimum absolute atomic E-state index is 0.651. The highest BCUT2D eigenvalue weighted by molar-refractivity contribution is 5.26. The number of benzene rings is 1. The van der Waals surface area contributed by atoms with Gasteiger partial charge in [-0.2, -0.15) is 0 Å². The molecular weight excluding hydrogens is 280 g/mol. The zero-order valence-electron chi connectivity index (χ0n) is 15.5. The maximum Gasteiger partial charge on any atom is 0.119 e. The fourth-order valence-electron chi connectivity index (χ4n) is 2.25. The summed E-state index contributed by atoms with van der Waals surface area (Å²) >= 11 is 0. The van der Waals surface area contributed by atoms with Crippen molar-refractivity contribution in [1.29, 1.82) is 0 Å². The first-order valence-corrected chi connectivity index (χ1v) is 8.61. The first kappa shape index (κ1) is 19.3. The quantitative estimate of drug-likeness (QED) is 0.456. The molecule has 23 heavy (non-hydrogen) atoms. The molecule has 1 heteroatoms. The van der Waals surface area contributed by atoms with E-state index in [9.17, 15) is 0 Å². The number of ether oxygens (including phenoxy) is 1. The van der Waals surface area contributed by atoms with E-state index in [-0.39, 0.29) is 0 Å². The molecule has 0 fully saturated rings. The Morgan fingerprint density at radius 1 is 0.826 bits per heavy atom. The van der Waals surface area contributed by atoms with E-state index >= 15 is 0 Å². The molecule has 0 unspecified atom stereocenters. The number of hydrogen-bond donors (Lipinski definition) is 0. The lowest BCUT2D eigenvalue weighted by Gasteiger charge is -2.05. The van der Waals surface area contributed by atoms with E-state index < -0.39 is 0 Å². The minimum Gasteiger partial charge on any atom is -0.490 e. The highest BCUT2D eigenvalue weighted by Gasteiger charge is 1.94. The third-order valence-corrected chi connectivity index (χ3v) is 3.83. The molecule has 0 saturated heterocycles. The third kappa shape index (κ3) is 9.78. The SMILES string of the molecule is CC(C)=CCC/C(C)=C/CC/C(C)=C/COc1ccc(C)cc1. The van der Waals surface area contributed by atoms with Gasteiger partial charge in [0, 0.05) is 0 Å². The Balaban J connectivity index is 2.25. The smallest absolute Gasteiger partial charge is 0.119 e. The average molecular weight is 312 g/mol. The molecule has 1 rings (SSSR count). The lowest BCUT2D eigenvalue weighted by Crippen LogP contribution is -1.94. The molecule has 0 atom stereocenters. The molecule has 1 aromatic rings. The van der Waals surface area contributed by atoms with Gasteiger partial charge in [-0.05, 0) is 78.5 Å². The molecule has 126 valence electrons. The minimum atomic E-state index is 0.651. The summed E-state index contributed by atoms with van der Waals surface area (Å²) in [6.07, 6.45) is 11.4. The van der Waals surface area contributed by atoms with Crippen LogP contribution < -0.4 is 4.74 Å². The lowest BCUT2D eigenvalue weighted by molar-refractivity contribution is 0.361. The Bertz CT molecular complexity index is 540. The van der Waals surface area contributed by atoms with Crippen LogP contribution in [-0.2, 0) is 0 Å². The van der Waals surface area contributed by atoms with Gasteiger partial charge in [0.25, 0.3) is 0 Å². The normalized spacial score (nSPS) is 12.2. The van der Waals surface area contributed by atoms with Crippen LogP contribution in [0.5, 0.6) is 5.75 Å². The standard InChI is InChI=1S/C22H32O/c1-18(2)8-6-9-19(3)10-7-11-20(4)16-17-23-22-14-12-21(5)13-15-22/h8,10,12-16H,6-7,9,11,17H2,1-5H3/b19-10+,20-16+. The highest BCUT2D eigenvalue weighted by Crippen LogP contribution is 2.13. The lowest BCUT2D eigenvalue weighted by atomic mass is 10.1. The summed E-state index contributed by atoms with van der Waals surface area (Å²) in [5, 5.41) is 0. The van der Waals surface area contributed by atoms with Gasteiger partial charge in [0.2, 0.25) is 0 Å². The number of aryl methyl sites for hydroxylation is 1. The maximum absolute atomic E-state index is 5.74. The van der Waals surface area contributed by atoms with Crippen molar-refractivity contribution in [1.82, 2.24) is 0 Å². The van der Waals surface area contributed by atoms with Crippen LogP contribution in [0.4, 0.5) is 0 Å². The Labute approximate surface area is 142 Å². The van der Waals surface area contributed by atoms with E-state index in [1.165, 1.54) is 28.7 Å². The van der Waals surface area contributed by atoms with Crippen LogP contribution in [-0.4, -0.2) is 6.61 Å². The zero-order chi connectivity index (χ0) is 17.1. The van der Waals surface area contributed by atoms with E-state index in [0.29, 0.717) is 6.61 Å². The molecule has 0 aliphatic heterocycles. The second-order valence-electron chi connectivity index (χ2n) is 6.58. The fraction of sp³-hybridized carbons (Fsp3) is 0.455. The van der Waals surface area contributed by atoms with Gasteiger partial charge >= 0.3 is 0 Å². The molecule has 0 N–H and O–H groups in total. The number of hydrogen-bond acceptors (Lipinski definition) is 1. The van der Waals surface area contributed by atoms with Crippen molar-refractivity contribution in [3.63, 3.8) is 0 Å². The van der Waals surface area contributed by atoms with E-state index in [2.05, 4.69) is 65.0 Å². The summed E-state index contributed by atoms with van der Waals surface area (Å²) in [6, 6.07) is 8.21. The highest BCUT2D eigenvalue weighted by atomic mass is 16.5. The van der Waals surface area contributed by atoms with Gasteiger partial charge in [-0.1, -0.05) is 46.6 Å². The number of allylic oxidation sites excluding steroid dienone is 5. The topological polar surface area (TPSA) is 9.23 Å². The van der Waals surface area contributed by atoms with Crippen molar-refractivity contribution in [3.05, 3.63) is 64.8 Å². The predicted molar refractivity (Wildman–Crippen MR) is 102 cm³/mol. The van der Waals surface area contributed by atoms with Gasteiger partial charge in [-0.25, -0.2) is 0 Å². The van der Waals surface area contributed by atoms with E-state index in [1.54, 1.807) is 0 Å². The molecule has 0 bridgehead atoms. The summed E-state index contributed by atoms with van der Waals surface area (Å²) in [4.78, 5) is 0. The molecule has 0 aliphatic rings. The summed E-state index contributed by atoms with van der Waals surface area (Å²) in [7, 11) is 0. The van der Waals surface area contributed by atoms with Crippen LogP contribution in [0.1, 0.15) is 58.9 Å². The molecule has 1 aromatic carbocycles. The predicted octanol–water partition coefficient (Wildman–Crippen LogP) is 6.79. The first-order valence-electron chi connectivity index (χ1n) is 8.61. The van der Waals surface area contributed by atoms with E-state index in [4.69, 9.17) is 4.74 Å². The first-order chi connectivity index (χ1) is 11.0. The van der Waals surface area contributed by atoms with E-state index in [0.717, 1.165) is 25.0 Å². The van der Waals surface area contributed by atoms with Crippen LogP contribution in [0.25, 0.3) is 0 Å². The molecule has 0 aromatic heterocycles. The molecule has 0 aliphatic carbocycles. The van der Waals surface area contributed by atoms with Crippen molar-refractivity contribution in [3.8, 4) is 5.75 Å². The van der Waals surface area contributed by atoms with Crippen molar-refractivity contribution in [2.24, 2.45) is 0 Å². The Morgan fingerprint density at radius 3 is 2.00 bits per heavy atom. The molecule has 0 heterocycles. The summed E-state index contributed by atoms with van der Waals surface area (Å²) in [5.41, 5.74) is 5.55. The van der Waals surface area contributed by atoms with Crippen molar-refractivity contribution >= 4 is 0 Å². The zero-order valence-corrected chi connectivity index (χ0v) is 15.5. The van der Waals surface area contributed by atoms with Crippen LogP contribution in [0.3, 0.4) is 0 Å². The molecule has 0 saturated carbocycles. The molecule has 0 spiro atoms. The van der Waals surface area contributed by atoms with Crippen molar-refractivity contribution in [2.75, 3.05) is 6.61 Å². The van der Waals surface area contributed by atoms with Gasteiger partial charge in [0.15, 0.2) is 0 Å². The molecular formula is C22H32O. The van der Waals surface area contributed by atoms with Gasteiger partial charge in [-0.3, -0.25) is 0 Å². The van der Waals surface area contributed by atoms with Crippen molar-refractivity contribution in [2.45, 2.75) is 60.3 Å². The Hall–Kier alpha value is -1.76. The number of rotatable bonds is 9. The monoisotopic (exact) mass is 312 g/mol. The third-order valence-electron chi connectivity index (χ3n) is 3.83. The second-order valence-corrected chi connectivity index (χ2v) is 6.58. The fourth-order valence-corrected chi connectivity index (χ4v) is 2.25. The van der Waals surface area contributed by atoms with Crippen LogP contribution in [0.15, 0.2) is 59.2 Å². The Kier molecular flexibility index (Phi) is 9.12. The molecule has 1 nitrogen and oxygen atoms in total. The summed E-state index contributed by atoms with van der Waals surface area (Å²) in [5.74, 6) is 0.940. The summed E-state index contributed by atoms with van der Waals surface area (Å²) < 4.78 is 5.74. The van der Waals surface area contributed by atoms with Crippen LogP contribution in [0.2, 0.25) is 0 Å². The summed E-state index contributed by atoms with van der Waals surface area (Å²) in [6.45, 7) is 11.5. The van der Waals surface area contributed by atoms with E-state index in [1.807, 2.05) is 12.1 Å². The molecule has 0 radical (unpaired) electrons. The van der Waals surface area contributed by atoms with Gasteiger partial charge in [-0.15, -0.1) is 0 Å². The Morgan fingerprint density at radius 2 is 1.39 bits per heavy atom.